The first-order chi connectivity index (χ1) is 7.86. The fourth-order valence-corrected chi connectivity index (χ4v) is 4.62. The van der Waals surface area contributed by atoms with Gasteiger partial charge in [0.1, 0.15) is 4.21 Å². The van der Waals surface area contributed by atoms with E-state index in [9.17, 15) is 8.42 Å². The lowest BCUT2D eigenvalue weighted by Gasteiger charge is -2.21. The summed E-state index contributed by atoms with van der Waals surface area (Å²) in [6.07, 6.45) is 1.68. The monoisotopic (exact) mass is 291 g/mol. The average molecular weight is 291 g/mol. The molecule has 2 rings (SSSR count). The fraction of sp³-hybridized carbons (Fsp3) is 0.444. The van der Waals surface area contributed by atoms with Crippen molar-refractivity contribution in [2.24, 2.45) is 16.2 Å². The normalized spacial score (nSPS) is 15.4. The molecular weight excluding hydrogens is 278 g/mol. The number of hydrogen-bond acceptors (Lipinski definition) is 6. The molecule has 0 spiro atoms. The zero-order chi connectivity index (χ0) is 12.6. The van der Waals surface area contributed by atoms with E-state index < -0.39 is 10.0 Å². The molecule has 5 nitrogen and oxygen atoms in total. The summed E-state index contributed by atoms with van der Waals surface area (Å²) in [5.74, 6) is 0.499. The third kappa shape index (κ3) is 3.01. The van der Waals surface area contributed by atoms with Crippen molar-refractivity contribution in [2.45, 2.75) is 22.3 Å². The van der Waals surface area contributed by atoms with Crippen LogP contribution in [-0.4, -0.2) is 25.6 Å². The molecule has 0 amide bonds. The van der Waals surface area contributed by atoms with Gasteiger partial charge in [-0.2, -0.15) is 5.10 Å². The van der Waals surface area contributed by atoms with Crippen LogP contribution < -0.4 is 5.14 Å². The maximum absolute atomic E-state index is 11.2. The zero-order valence-corrected chi connectivity index (χ0v) is 11.9. The highest BCUT2D eigenvalue weighted by molar-refractivity contribution is 7.99. The van der Waals surface area contributed by atoms with Crippen molar-refractivity contribution in [3.63, 3.8) is 0 Å². The van der Waals surface area contributed by atoms with Crippen molar-refractivity contribution in [3.05, 3.63) is 11.6 Å². The second-order valence-corrected chi connectivity index (χ2v) is 8.23. The highest BCUT2D eigenvalue weighted by atomic mass is 32.3. The summed E-state index contributed by atoms with van der Waals surface area (Å²) in [4.78, 5) is 0. The van der Waals surface area contributed by atoms with E-state index in [0.717, 1.165) is 16.3 Å². The predicted molar refractivity (Wildman–Crippen MR) is 70.7 cm³/mol. The van der Waals surface area contributed by atoms with Crippen LogP contribution in [0.1, 0.15) is 19.4 Å². The third-order valence-electron chi connectivity index (χ3n) is 2.02. The second-order valence-electron chi connectivity index (χ2n) is 4.12. The van der Waals surface area contributed by atoms with Gasteiger partial charge in [-0.3, -0.25) is 0 Å². The van der Waals surface area contributed by atoms with Gasteiger partial charge in [0.05, 0.1) is 17.0 Å². The van der Waals surface area contributed by atoms with Gasteiger partial charge in [0.2, 0.25) is 10.0 Å². The molecule has 0 bridgehead atoms. The SMILES string of the molecule is CC(C)CN1N=Cc2cc(S(N)(=O)=O)sc2S1. The average Bonchev–Trinajstić information content (AvgIpc) is 2.58. The number of fused-ring (bicyclic) bond motifs is 1. The molecule has 0 radical (unpaired) electrons. The maximum Gasteiger partial charge on any atom is 0.247 e. The Kier molecular flexibility index (Phi) is 3.48. The van der Waals surface area contributed by atoms with Crippen LogP contribution in [0.25, 0.3) is 0 Å². The molecular formula is C9H13N3O2S3. The standard InChI is InChI=1S/C9H13N3O2S3/c1-6(2)5-12-11-4-7-3-8(17(10,13)14)15-9(7)16-12/h3-4,6H,5H2,1-2H3,(H2,10,13,14). The number of sulfonamides is 1. The van der Waals surface area contributed by atoms with E-state index in [1.165, 1.54) is 23.3 Å². The summed E-state index contributed by atoms with van der Waals surface area (Å²) in [6, 6.07) is 1.57. The van der Waals surface area contributed by atoms with Crippen molar-refractivity contribution < 1.29 is 8.42 Å². The van der Waals surface area contributed by atoms with E-state index in [4.69, 9.17) is 5.14 Å². The third-order valence-corrected chi connectivity index (χ3v) is 5.71. The predicted octanol–water partition coefficient (Wildman–Crippen LogP) is 1.71. The molecule has 0 aromatic carbocycles. The summed E-state index contributed by atoms with van der Waals surface area (Å²) >= 11 is 2.65. The van der Waals surface area contributed by atoms with Crippen LogP contribution in [0.2, 0.25) is 0 Å². The van der Waals surface area contributed by atoms with E-state index in [1.807, 2.05) is 4.41 Å². The summed E-state index contributed by atoms with van der Waals surface area (Å²) < 4.78 is 25.4. The van der Waals surface area contributed by atoms with Crippen molar-refractivity contribution in [1.29, 1.82) is 0 Å². The van der Waals surface area contributed by atoms with Gasteiger partial charge in [-0.05, 0) is 12.0 Å². The van der Waals surface area contributed by atoms with Crippen molar-refractivity contribution >= 4 is 39.5 Å². The minimum Gasteiger partial charge on any atom is -0.233 e. The minimum atomic E-state index is -3.61. The Labute approximate surface area is 109 Å². The maximum atomic E-state index is 11.2. The molecule has 1 aromatic heterocycles. The molecule has 0 atom stereocenters. The van der Waals surface area contributed by atoms with Gasteiger partial charge >= 0.3 is 0 Å². The Hall–Kier alpha value is -0.570. The number of nitrogens with two attached hydrogens (primary N) is 1. The molecule has 17 heavy (non-hydrogen) atoms. The van der Waals surface area contributed by atoms with Crippen LogP contribution in [0, 0.1) is 5.92 Å². The van der Waals surface area contributed by atoms with Crippen LogP contribution in [0.5, 0.6) is 0 Å². The minimum absolute atomic E-state index is 0.188. The van der Waals surface area contributed by atoms with Gasteiger partial charge in [0, 0.05) is 17.5 Å². The van der Waals surface area contributed by atoms with Gasteiger partial charge in [-0.15, -0.1) is 11.3 Å². The molecule has 1 aromatic rings. The van der Waals surface area contributed by atoms with E-state index in [0.29, 0.717) is 5.92 Å². The van der Waals surface area contributed by atoms with Gasteiger partial charge in [0.15, 0.2) is 0 Å². The van der Waals surface area contributed by atoms with Crippen LogP contribution in [0.15, 0.2) is 19.6 Å². The topological polar surface area (TPSA) is 75.8 Å². The van der Waals surface area contributed by atoms with Gasteiger partial charge < -0.3 is 0 Å². The van der Waals surface area contributed by atoms with Crippen LogP contribution in [0.3, 0.4) is 0 Å². The quantitative estimate of drug-likeness (QED) is 0.860. The molecule has 1 aliphatic rings. The lowest BCUT2D eigenvalue weighted by Crippen LogP contribution is -2.17. The van der Waals surface area contributed by atoms with Gasteiger partial charge in [-0.1, -0.05) is 13.8 Å². The summed E-state index contributed by atoms with van der Waals surface area (Å²) in [5.41, 5.74) is 0.823. The highest BCUT2D eigenvalue weighted by Gasteiger charge is 2.21. The molecule has 2 N–H and O–H groups in total. The Balaban J connectivity index is 2.24. The molecule has 0 saturated carbocycles. The number of primary sulfonamides is 1. The highest BCUT2D eigenvalue weighted by Crippen LogP contribution is 2.38. The first-order valence-electron chi connectivity index (χ1n) is 5.02. The molecule has 1 aliphatic heterocycles. The zero-order valence-electron chi connectivity index (χ0n) is 9.45. The summed E-state index contributed by atoms with van der Waals surface area (Å²) in [5, 5.41) is 9.35. The van der Waals surface area contributed by atoms with E-state index in [-0.39, 0.29) is 4.21 Å². The van der Waals surface area contributed by atoms with Gasteiger partial charge in [-0.25, -0.2) is 18.0 Å². The van der Waals surface area contributed by atoms with Gasteiger partial charge in [0.25, 0.3) is 0 Å². The van der Waals surface area contributed by atoms with E-state index in [2.05, 4.69) is 18.9 Å². The Morgan fingerprint density at radius 3 is 2.82 bits per heavy atom. The van der Waals surface area contributed by atoms with Crippen molar-refractivity contribution in [3.8, 4) is 0 Å². The lowest BCUT2D eigenvalue weighted by molar-refractivity contribution is 0.426. The fourth-order valence-electron chi connectivity index (χ4n) is 1.31. The molecule has 0 fully saturated rings. The summed E-state index contributed by atoms with van der Waals surface area (Å²) in [7, 11) is -3.61. The first-order valence-corrected chi connectivity index (χ1v) is 8.16. The van der Waals surface area contributed by atoms with E-state index in [1.54, 1.807) is 12.3 Å². The molecule has 0 unspecified atom stereocenters. The lowest BCUT2D eigenvalue weighted by atomic mass is 10.2. The number of thiophene rings is 1. The van der Waals surface area contributed by atoms with Crippen LogP contribution in [-0.2, 0) is 10.0 Å². The summed E-state index contributed by atoms with van der Waals surface area (Å²) in [6.45, 7) is 5.04. The Morgan fingerprint density at radius 2 is 2.24 bits per heavy atom. The number of hydrogen-bond donors (Lipinski definition) is 1. The second kappa shape index (κ2) is 4.60. The van der Waals surface area contributed by atoms with E-state index >= 15 is 0 Å². The molecule has 94 valence electrons. The smallest absolute Gasteiger partial charge is 0.233 e. The van der Waals surface area contributed by atoms with Crippen LogP contribution in [0.4, 0.5) is 0 Å². The number of nitrogens with zero attached hydrogens (tertiary/aromatic N) is 2. The van der Waals surface area contributed by atoms with Crippen molar-refractivity contribution in [2.75, 3.05) is 6.54 Å². The molecule has 8 heteroatoms. The Morgan fingerprint density at radius 1 is 1.53 bits per heavy atom. The Bertz CT molecular complexity index is 548. The number of hydrazone groups is 1. The molecule has 2 heterocycles. The molecule has 0 aliphatic carbocycles. The van der Waals surface area contributed by atoms with Crippen LogP contribution >= 0.6 is 23.3 Å². The number of rotatable bonds is 3. The largest absolute Gasteiger partial charge is 0.247 e. The van der Waals surface area contributed by atoms with Crippen molar-refractivity contribution in [1.82, 2.24) is 4.41 Å². The molecule has 0 saturated heterocycles. The first kappa shape index (κ1) is 12.9.